The summed E-state index contributed by atoms with van der Waals surface area (Å²) in [5.41, 5.74) is 6.48. The van der Waals surface area contributed by atoms with Gasteiger partial charge in [0.15, 0.2) is 0 Å². The first-order chi connectivity index (χ1) is 11.4. The van der Waals surface area contributed by atoms with Gasteiger partial charge in [0.1, 0.15) is 5.70 Å². The average Bonchev–Trinajstić information content (AvgIpc) is 2.54. The van der Waals surface area contributed by atoms with E-state index >= 15 is 0 Å². The maximum absolute atomic E-state index is 11.6. The van der Waals surface area contributed by atoms with Crippen LogP contribution in [0.1, 0.15) is 6.92 Å². The zero-order chi connectivity index (χ0) is 17.7. The summed E-state index contributed by atoms with van der Waals surface area (Å²) in [6.45, 7) is 1.86. The van der Waals surface area contributed by atoms with Gasteiger partial charge in [-0.2, -0.15) is 0 Å². The lowest BCUT2D eigenvalue weighted by Gasteiger charge is -2.18. The van der Waals surface area contributed by atoms with Crippen LogP contribution in [0.3, 0.4) is 0 Å². The molecule has 0 unspecified atom stereocenters. The Balaban J connectivity index is 2.45. The van der Waals surface area contributed by atoms with E-state index in [1.165, 1.54) is 18.6 Å². The molecule has 0 aliphatic carbocycles. The van der Waals surface area contributed by atoms with E-state index in [4.69, 9.17) is 27.9 Å². The number of esters is 1. The van der Waals surface area contributed by atoms with Crippen molar-refractivity contribution in [2.45, 2.75) is 6.92 Å². The van der Waals surface area contributed by atoms with Gasteiger partial charge in [-0.25, -0.2) is 15.6 Å². The number of H-pyrrole nitrogens is 1. The number of aromatic amines is 1. The quantitative estimate of drug-likeness (QED) is 0.319. The van der Waals surface area contributed by atoms with Crippen LogP contribution in [0.15, 0.2) is 47.3 Å². The summed E-state index contributed by atoms with van der Waals surface area (Å²) in [5.74, 6) is 5.29. The maximum atomic E-state index is 11.6. The topological polar surface area (TPSA) is 127 Å². The predicted octanol–water partition coefficient (Wildman–Crippen LogP) is 1.13. The molecule has 0 fully saturated rings. The third-order valence-corrected chi connectivity index (χ3v) is 3.22. The molecule has 0 saturated carbocycles. The second kappa shape index (κ2) is 7.62. The molecule has 0 aliphatic rings. The van der Waals surface area contributed by atoms with Crippen LogP contribution in [-0.2, 0) is 9.53 Å². The lowest BCUT2D eigenvalue weighted by atomic mass is 10.1. The summed E-state index contributed by atoms with van der Waals surface area (Å²) < 4.78 is 4.80. The Labute approximate surface area is 142 Å². The van der Waals surface area contributed by atoms with Gasteiger partial charge < -0.3 is 15.5 Å². The Morgan fingerprint density at radius 2 is 2.21 bits per heavy atom. The number of hydrogen-bond donors (Lipinski definition) is 3. The highest BCUT2D eigenvalue weighted by atomic mass is 35.5. The Hall–Kier alpha value is -2.84. The molecule has 1 aromatic heterocycles. The van der Waals surface area contributed by atoms with Crippen molar-refractivity contribution in [3.8, 4) is 11.3 Å². The first kappa shape index (κ1) is 17.5. The molecule has 9 heteroatoms. The van der Waals surface area contributed by atoms with Gasteiger partial charge in [-0.1, -0.05) is 11.6 Å². The molecule has 126 valence electrons. The fraction of sp³-hybridized carbons (Fsp3) is 0.133. The van der Waals surface area contributed by atoms with Crippen molar-refractivity contribution in [3.05, 3.63) is 57.9 Å². The first-order valence-corrected chi connectivity index (χ1v) is 7.33. The number of anilines is 1. The van der Waals surface area contributed by atoms with E-state index in [1.807, 2.05) is 0 Å². The molecule has 24 heavy (non-hydrogen) atoms. The molecule has 0 spiro atoms. The minimum atomic E-state index is -0.683. The molecule has 0 bridgehead atoms. The zero-order valence-corrected chi connectivity index (χ0v) is 13.6. The van der Waals surface area contributed by atoms with Gasteiger partial charge in [0.25, 0.3) is 5.56 Å². The smallest absolute Gasteiger partial charge is 0.355 e. The predicted molar refractivity (Wildman–Crippen MR) is 90.9 cm³/mol. The van der Waals surface area contributed by atoms with Gasteiger partial charge >= 0.3 is 5.97 Å². The lowest BCUT2D eigenvalue weighted by Crippen LogP contribution is -2.28. The SMILES string of the molecule is CCOC(=O)/C(N)=C/N(N)c1ccc(Cl)cc1-c1cc(=O)[nH]cn1. The molecular weight excluding hydrogens is 334 g/mol. The number of carbonyl (C=O) groups excluding carboxylic acids is 1. The molecule has 2 aromatic rings. The Bertz CT molecular complexity index is 834. The Morgan fingerprint density at radius 1 is 1.46 bits per heavy atom. The fourth-order valence-corrected chi connectivity index (χ4v) is 2.11. The van der Waals surface area contributed by atoms with Crippen LogP contribution < -0.4 is 22.1 Å². The number of benzene rings is 1. The summed E-state index contributed by atoms with van der Waals surface area (Å²) in [4.78, 5) is 29.6. The van der Waals surface area contributed by atoms with E-state index in [0.717, 1.165) is 5.01 Å². The van der Waals surface area contributed by atoms with Crippen molar-refractivity contribution in [1.29, 1.82) is 0 Å². The molecule has 5 N–H and O–H groups in total. The number of halogens is 1. The molecule has 0 atom stereocenters. The standard InChI is InChI=1S/C15H16ClN5O3/c1-2-24-15(23)11(17)7-21(18)13-4-3-9(16)5-10(13)12-6-14(22)20-8-19-12/h3-8H,2,17-18H2,1H3,(H,19,20,22)/b11-7-. The molecule has 2 rings (SSSR count). The van der Waals surface area contributed by atoms with Gasteiger partial charge in [-0.3, -0.25) is 9.80 Å². The average molecular weight is 350 g/mol. The highest BCUT2D eigenvalue weighted by molar-refractivity contribution is 6.31. The molecule has 0 amide bonds. The summed E-state index contributed by atoms with van der Waals surface area (Å²) in [7, 11) is 0. The Kier molecular flexibility index (Phi) is 5.56. The number of aromatic nitrogens is 2. The van der Waals surface area contributed by atoms with Crippen molar-refractivity contribution in [2.24, 2.45) is 11.6 Å². The van der Waals surface area contributed by atoms with Gasteiger partial charge in [0, 0.05) is 16.7 Å². The minimum Gasteiger partial charge on any atom is -0.461 e. The first-order valence-electron chi connectivity index (χ1n) is 6.95. The van der Waals surface area contributed by atoms with Crippen LogP contribution in [0, 0.1) is 0 Å². The highest BCUT2D eigenvalue weighted by Crippen LogP contribution is 2.30. The molecule has 8 nitrogen and oxygen atoms in total. The summed E-state index contributed by atoms with van der Waals surface area (Å²) in [6.07, 6.45) is 2.49. The van der Waals surface area contributed by atoms with E-state index in [1.54, 1.807) is 25.1 Å². The molecule has 0 aliphatic heterocycles. The largest absolute Gasteiger partial charge is 0.461 e. The van der Waals surface area contributed by atoms with Crippen LogP contribution in [0.25, 0.3) is 11.3 Å². The number of ether oxygens (including phenoxy) is 1. The molecule has 1 aromatic carbocycles. The van der Waals surface area contributed by atoms with E-state index < -0.39 is 5.97 Å². The normalized spacial score (nSPS) is 11.2. The van der Waals surface area contributed by atoms with Gasteiger partial charge in [-0.05, 0) is 25.1 Å². The third kappa shape index (κ3) is 4.12. The van der Waals surface area contributed by atoms with Crippen LogP contribution in [-0.4, -0.2) is 22.5 Å². The van der Waals surface area contributed by atoms with E-state index in [9.17, 15) is 9.59 Å². The van der Waals surface area contributed by atoms with Gasteiger partial charge in [0.05, 0.1) is 30.5 Å². The molecule has 0 radical (unpaired) electrons. The number of nitrogens with zero attached hydrogens (tertiary/aromatic N) is 2. The lowest BCUT2D eigenvalue weighted by molar-refractivity contribution is -0.138. The van der Waals surface area contributed by atoms with Crippen LogP contribution >= 0.6 is 11.6 Å². The molecular formula is C15H16ClN5O3. The van der Waals surface area contributed by atoms with E-state index in [-0.39, 0.29) is 17.9 Å². The van der Waals surface area contributed by atoms with Crippen LogP contribution in [0.2, 0.25) is 5.02 Å². The number of nitrogens with two attached hydrogens (primary N) is 2. The number of rotatable bonds is 5. The zero-order valence-electron chi connectivity index (χ0n) is 12.8. The summed E-state index contributed by atoms with van der Waals surface area (Å²) in [6, 6.07) is 6.14. The molecule has 0 saturated heterocycles. The third-order valence-electron chi connectivity index (χ3n) is 2.98. The van der Waals surface area contributed by atoms with Gasteiger partial charge in [-0.15, -0.1) is 0 Å². The van der Waals surface area contributed by atoms with E-state index in [2.05, 4.69) is 9.97 Å². The van der Waals surface area contributed by atoms with Crippen molar-refractivity contribution < 1.29 is 9.53 Å². The van der Waals surface area contributed by atoms with Crippen molar-refractivity contribution in [3.63, 3.8) is 0 Å². The monoisotopic (exact) mass is 349 g/mol. The van der Waals surface area contributed by atoms with Crippen molar-refractivity contribution >= 4 is 23.3 Å². The number of hydrazine groups is 1. The fourth-order valence-electron chi connectivity index (χ4n) is 1.94. The summed E-state index contributed by atoms with van der Waals surface area (Å²) in [5, 5.41) is 1.58. The van der Waals surface area contributed by atoms with Crippen molar-refractivity contribution in [1.82, 2.24) is 9.97 Å². The second-order valence-electron chi connectivity index (χ2n) is 4.67. The molecule has 1 heterocycles. The number of nitrogens with one attached hydrogen (secondary N) is 1. The van der Waals surface area contributed by atoms with Crippen molar-refractivity contribution in [2.75, 3.05) is 11.6 Å². The minimum absolute atomic E-state index is 0.167. The second-order valence-corrected chi connectivity index (χ2v) is 5.11. The number of carbonyl (C=O) groups is 1. The van der Waals surface area contributed by atoms with Gasteiger partial charge in [0.2, 0.25) is 0 Å². The van der Waals surface area contributed by atoms with E-state index in [0.29, 0.717) is 22.0 Å². The highest BCUT2D eigenvalue weighted by Gasteiger charge is 2.14. The number of hydrogen-bond acceptors (Lipinski definition) is 7. The summed E-state index contributed by atoms with van der Waals surface area (Å²) >= 11 is 6.02. The van der Waals surface area contributed by atoms with Crippen LogP contribution in [0.5, 0.6) is 0 Å². The maximum Gasteiger partial charge on any atom is 0.355 e. The Morgan fingerprint density at radius 3 is 2.88 bits per heavy atom. The van der Waals surface area contributed by atoms with Crippen LogP contribution in [0.4, 0.5) is 5.69 Å².